The summed E-state index contributed by atoms with van der Waals surface area (Å²) in [6.07, 6.45) is 2.48. The molecule has 2 aromatic heterocycles. The fourth-order valence-electron chi connectivity index (χ4n) is 1.96. The maximum atomic E-state index is 10.2. The van der Waals surface area contributed by atoms with Crippen LogP contribution in [-0.4, -0.2) is 27.0 Å². The van der Waals surface area contributed by atoms with Gasteiger partial charge in [0.05, 0.1) is 18.9 Å². The van der Waals surface area contributed by atoms with Crippen LogP contribution in [0.2, 0.25) is 0 Å². The van der Waals surface area contributed by atoms with E-state index in [4.69, 9.17) is 4.74 Å². The lowest BCUT2D eigenvalue weighted by molar-refractivity contribution is 0.175. The molecular weight excluding hydrogens is 242 g/mol. The second kappa shape index (κ2) is 5.84. The van der Waals surface area contributed by atoms with E-state index in [0.717, 1.165) is 23.4 Å². The smallest absolute Gasteiger partial charge is 0.212 e. The normalized spacial score (nSPS) is 12.4. The van der Waals surface area contributed by atoms with Crippen molar-refractivity contribution >= 4 is 0 Å². The van der Waals surface area contributed by atoms with Gasteiger partial charge < -0.3 is 9.84 Å². The van der Waals surface area contributed by atoms with Crippen molar-refractivity contribution in [2.45, 2.75) is 25.9 Å². The van der Waals surface area contributed by atoms with Crippen molar-refractivity contribution in [3.63, 3.8) is 0 Å². The Hall–Kier alpha value is -1.88. The number of pyridine rings is 1. The number of aliphatic hydroxyl groups excluding tert-OH is 1. The van der Waals surface area contributed by atoms with E-state index in [1.807, 2.05) is 23.9 Å². The Morgan fingerprint density at radius 2 is 2.21 bits per heavy atom. The molecule has 2 heterocycles. The number of hydrogen-bond acceptors (Lipinski definition) is 4. The molecule has 0 aliphatic heterocycles. The zero-order valence-electron chi connectivity index (χ0n) is 11.5. The number of nitrogens with zero attached hydrogens (tertiary/aromatic N) is 3. The molecular formula is C14H19N3O2. The zero-order valence-corrected chi connectivity index (χ0v) is 11.5. The van der Waals surface area contributed by atoms with E-state index in [0.29, 0.717) is 12.3 Å². The van der Waals surface area contributed by atoms with E-state index >= 15 is 0 Å². The first kappa shape index (κ1) is 13.5. The van der Waals surface area contributed by atoms with Gasteiger partial charge in [-0.3, -0.25) is 4.68 Å². The second-order valence-electron chi connectivity index (χ2n) is 4.46. The highest BCUT2D eigenvalue weighted by molar-refractivity contribution is 5.21. The summed E-state index contributed by atoms with van der Waals surface area (Å²) in [6.45, 7) is 2.07. The minimum Gasteiger partial charge on any atom is -0.481 e. The third kappa shape index (κ3) is 3.12. The highest BCUT2D eigenvalue weighted by atomic mass is 16.5. The van der Waals surface area contributed by atoms with Crippen LogP contribution in [0.3, 0.4) is 0 Å². The van der Waals surface area contributed by atoms with E-state index in [1.54, 1.807) is 19.4 Å². The maximum Gasteiger partial charge on any atom is 0.212 e. The van der Waals surface area contributed by atoms with Gasteiger partial charge in [0.1, 0.15) is 0 Å². The topological polar surface area (TPSA) is 60.2 Å². The number of aryl methyl sites for hydroxylation is 2. The largest absolute Gasteiger partial charge is 0.481 e. The standard InChI is InChI=1S/C14H19N3O2/c1-4-11-7-12(17(2)16-11)8-13(18)10-5-6-14(19-3)15-9-10/h5-7,9,13,18H,4,8H2,1-3H3. The van der Waals surface area contributed by atoms with E-state index in [-0.39, 0.29) is 0 Å². The number of rotatable bonds is 5. The first-order valence-corrected chi connectivity index (χ1v) is 6.33. The fourth-order valence-corrected chi connectivity index (χ4v) is 1.96. The highest BCUT2D eigenvalue weighted by Crippen LogP contribution is 2.19. The van der Waals surface area contributed by atoms with E-state index in [1.165, 1.54) is 0 Å². The summed E-state index contributed by atoms with van der Waals surface area (Å²) in [4.78, 5) is 4.10. The second-order valence-corrected chi connectivity index (χ2v) is 4.46. The molecule has 1 atom stereocenters. The van der Waals surface area contributed by atoms with Crippen LogP contribution in [0.5, 0.6) is 5.88 Å². The van der Waals surface area contributed by atoms with Crippen molar-refractivity contribution in [2.24, 2.45) is 7.05 Å². The third-order valence-electron chi connectivity index (χ3n) is 3.15. The van der Waals surface area contributed by atoms with Gasteiger partial charge >= 0.3 is 0 Å². The summed E-state index contributed by atoms with van der Waals surface area (Å²) in [7, 11) is 3.47. The predicted octanol–water partition coefficient (Wildman–Crippen LogP) is 1.66. The van der Waals surface area contributed by atoms with Gasteiger partial charge in [-0.25, -0.2) is 4.98 Å². The first-order chi connectivity index (χ1) is 9.13. The molecule has 0 bridgehead atoms. The summed E-state index contributed by atoms with van der Waals surface area (Å²) in [5, 5.41) is 14.6. The van der Waals surface area contributed by atoms with Gasteiger partial charge in [0, 0.05) is 31.4 Å². The van der Waals surface area contributed by atoms with Crippen molar-refractivity contribution in [1.82, 2.24) is 14.8 Å². The Morgan fingerprint density at radius 3 is 2.74 bits per heavy atom. The monoisotopic (exact) mass is 261 g/mol. The summed E-state index contributed by atoms with van der Waals surface area (Å²) >= 11 is 0. The number of methoxy groups -OCH3 is 1. The summed E-state index contributed by atoms with van der Waals surface area (Å²) in [6, 6.07) is 5.60. The molecule has 0 radical (unpaired) electrons. The minimum atomic E-state index is -0.585. The SMILES string of the molecule is CCc1cc(CC(O)c2ccc(OC)nc2)n(C)n1. The van der Waals surface area contributed by atoms with Gasteiger partial charge in [-0.1, -0.05) is 6.92 Å². The lowest BCUT2D eigenvalue weighted by Gasteiger charge is -2.11. The van der Waals surface area contributed by atoms with Crippen molar-refractivity contribution in [3.05, 3.63) is 41.3 Å². The van der Waals surface area contributed by atoms with Gasteiger partial charge in [0.2, 0.25) is 5.88 Å². The molecule has 0 fully saturated rings. The van der Waals surface area contributed by atoms with Crippen LogP contribution >= 0.6 is 0 Å². The minimum absolute atomic E-state index is 0.525. The van der Waals surface area contributed by atoms with E-state index in [9.17, 15) is 5.11 Å². The molecule has 5 heteroatoms. The van der Waals surface area contributed by atoms with Gasteiger partial charge in [-0.2, -0.15) is 5.10 Å². The molecule has 102 valence electrons. The Morgan fingerprint density at radius 1 is 1.42 bits per heavy atom. The van der Waals surface area contributed by atoms with Crippen LogP contribution in [0, 0.1) is 0 Å². The number of aromatic nitrogens is 3. The van der Waals surface area contributed by atoms with Crippen molar-refractivity contribution in [2.75, 3.05) is 7.11 Å². The molecule has 0 saturated heterocycles. The molecule has 0 aliphatic carbocycles. The molecule has 5 nitrogen and oxygen atoms in total. The highest BCUT2D eigenvalue weighted by Gasteiger charge is 2.13. The Labute approximate surface area is 112 Å². The van der Waals surface area contributed by atoms with Crippen LogP contribution < -0.4 is 4.74 Å². The van der Waals surface area contributed by atoms with E-state index in [2.05, 4.69) is 17.0 Å². The van der Waals surface area contributed by atoms with E-state index < -0.39 is 6.10 Å². The van der Waals surface area contributed by atoms with Gasteiger partial charge in [-0.05, 0) is 24.1 Å². The van der Waals surface area contributed by atoms with Crippen molar-refractivity contribution < 1.29 is 9.84 Å². The molecule has 0 amide bonds. The van der Waals surface area contributed by atoms with Crippen molar-refractivity contribution in [1.29, 1.82) is 0 Å². The molecule has 0 saturated carbocycles. The summed E-state index contributed by atoms with van der Waals surface area (Å²) < 4.78 is 6.82. The number of aliphatic hydroxyl groups is 1. The Balaban J connectivity index is 2.10. The first-order valence-electron chi connectivity index (χ1n) is 6.33. The summed E-state index contributed by atoms with van der Waals surface area (Å²) in [5.74, 6) is 0.546. The van der Waals surface area contributed by atoms with Gasteiger partial charge in [-0.15, -0.1) is 0 Å². The molecule has 0 aliphatic rings. The van der Waals surface area contributed by atoms with Gasteiger partial charge in [0.25, 0.3) is 0 Å². The Bertz CT molecular complexity index is 534. The molecule has 0 spiro atoms. The van der Waals surface area contributed by atoms with Crippen molar-refractivity contribution in [3.8, 4) is 5.88 Å². The molecule has 1 unspecified atom stereocenters. The van der Waals surface area contributed by atoms with Crippen LogP contribution in [0.1, 0.15) is 30.0 Å². The third-order valence-corrected chi connectivity index (χ3v) is 3.15. The van der Waals surface area contributed by atoms with Crippen LogP contribution in [0.25, 0.3) is 0 Å². The summed E-state index contributed by atoms with van der Waals surface area (Å²) in [5.41, 5.74) is 2.83. The molecule has 2 aromatic rings. The van der Waals surface area contributed by atoms with Crippen LogP contribution in [-0.2, 0) is 19.9 Å². The van der Waals surface area contributed by atoms with Crippen LogP contribution in [0.4, 0.5) is 0 Å². The average molecular weight is 261 g/mol. The molecule has 0 aromatic carbocycles. The molecule has 19 heavy (non-hydrogen) atoms. The maximum absolute atomic E-state index is 10.2. The molecule has 1 N–H and O–H groups in total. The Kier molecular flexibility index (Phi) is 4.16. The molecule has 2 rings (SSSR count). The zero-order chi connectivity index (χ0) is 13.8. The number of ether oxygens (including phenoxy) is 1. The van der Waals surface area contributed by atoms with Gasteiger partial charge in [0.15, 0.2) is 0 Å². The quantitative estimate of drug-likeness (QED) is 0.889. The lowest BCUT2D eigenvalue weighted by atomic mass is 10.1. The lowest BCUT2D eigenvalue weighted by Crippen LogP contribution is -2.06. The fraction of sp³-hybridized carbons (Fsp3) is 0.429. The predicted molar refractivity (Wildman–Crippen MR) is 72.0 cm³/mol. The number of hydrogen-bond donors (Lipinski definition) is 1. The van der Waals surface area contributed by atoms with Crippen LogP contribution in [0.15, 0.2) is 24.4 Å². The average Bonchev–Trinajstić information content (AvgIpc) is 2.79.